The molecule has 1 aromatic carbocycles. The highest BCUT2D eigenvalue weighted by Crippen LogP contribution is 2.08. The van der Waals surface area contributed by atoms with Gasteiger partial charge in [0.1, 0.15) is 6.04 Å². The molecule has 1 rings (SSSR count). The van der Waals surface area contributed by atoms with E-state index in [1.165, 1.54) is 0 Å². The number of hydrogen-bond donors (Lipinski definition) is 2. The first kappa shape index (κ1) is 15.2. The van der Waals surface area contributed by atoms with Crippen molar-refractivity contribution in [3.8, 4) is 0 Å². The van der Waals surface area contributed by atoms with Crippen LogP contribution in [0.15, 0.2) is 30.3 Å². The fourth-order valence-corrected chi connectivity index (χ4v) is 1.77. The highest BCUT2D eigenvalue weighted by atomic mass is 16.2. The minimum Gasteiger partial charge on any atom is -0.345 e. The first-order chi connectivity index (χ1) is 9.10. The zero-order valence-electron chi connectivity index (χ0n) is 11.4. The van der Waals surface area contributed by atoms with Crippen molar-refractivity contribution >= 4 is 11.8 Å². The minimum absolute atomic E-state index is 0.0129. The van der Waals surface area contributed by atoms with Crippen LogP contribution in [0.2, 0.25) is 0 Å². The second kappa shape index (κ2) is 7.53. The molecule has 2 amide bonds. The molecule has 0 spiro atoms. The molecule has 5 nitrogen and oxygen atoms in total. The average Bonchev–Trinajstić information content (AvgIpc) is 2.46. The molecule has 19 heavy (non-hydrogen) atoms. The minimum atomic E-state index is -0.745. The molecule has 0 aliphatic heterocycles. The van der Waals surface area contributed by atoms with Gasteiger partial charge in [-0.1, -0.05) is 30.3 Å². The summed E-state index contributed by atoms with van der Waals surface area (Å²) in [6, 6.07) is 8.34. The van der Waals surface area contributed by atoms with E-state index in [0.717, 1.165) is 5.56 Å². The zero-order chi connectivity index (χ0) is 14.3. The molecule has 0 saturated carbocycles. The van der Waals surface area contributed by atoms with Crippen LogP contribution in [0.1, 0.15) is 25.5 Å². The molecule has 0 aliphatic carbocycles. The average molecular weight is 263 g/mol. The summed E-state index contributed by atoms with van der Waals surface area (Å²) in [5.74, 6) is -0.440. The van der Waals surface area contributed by atoms with E-state index in [-0.39, 0.29) is 18.4 Å². The molecule has 0 unspecified atom stereocenters. The number of nitrogens with zero attached hydrogens (tertiary/aromatic N) is 1. The molecule has 104 valence electrons. The molecule has 0 fully saturated rings. The van der Waals surface area contributed by atoms with Gasteiger partial charge < -0.3 is 16.0 Å². The van der Waals surface area contributed by atoms with Gasteiger partial charge in [-0.15, -0.1) is 0 Å². The quantitative estimate of drug-likeness (QED) is 0.792. The number of carbonyl (C=O) groups is 2. The Labute approximate surface area is 113 Å². The molecule has 5 heteroatoms. The molecule has 1 aromatic rings. The number of benzene rings is 1. The fraction of sp³-hybridized carbons (Fsp3) is 0.429. The van der Waals surface area contributed by atoms with Crippen LogP contribution in [-0.2, 0) is 9.59 Å². The maximum Gasteiger partial charge on any atom is 0.241 e. The third-order valence-electron chi connectivity index (χ3n) is 2.97. The lowest BCUT2D eigenvalue weighted by Crippen LogP contribution is -2.42. The van der Waals surface area contributed by atoms with E-state index in [0.29, 0.717) is 13.1 Å². The SMILES string of the molecule is CCN(CC)C(=O)CNC(=O)[C@H](N)c1ccccc1. The summed E-state index contributed by atoms with van der Waals surface area (Å²) in [5.41, 5.74) is 6.56. The van der Waals surface area contributed by atoms with E-state index in [9.17, 15) is 9.59 Å². The van der Waals surface area contributed by atoms with Crippen molar-refractivity contribution in [3.05, 3.63) is 35.9 Å². The van der Waals surface area contributed by atoms with Crippen molar-refractivity contribution in [2.45, 2.75) is 19.9 Å². The Balaban J connectivity index is 2.50. The number of rotatable bonds is 6. The lowest BCUT2D eigenvalue weighted by atomic mass is 10.1. The van der Waals surface area contributed by atoms with Crippen molar-refractivity contribution in [2.75, 3.05) is 19.6 Å². The molecule has 0 radical (unpaired) electrons. The molecule has 1 atom stereocenters. The molecular weight excluding hydrogens is 242 g/mol. The van der Waals surface area contributed by atoms with Crippen LogP contribution in [-0.4, -0.2) is 36.3 Å². The third-order valence-corrected chi connectivity index (χ3v) is 2.97. The van der Waals surface area contributed by atoms with Gasteiger partial charge in [-0.05, 0) is 19.4 Å². The second-order valence-corrected chi connectivity index (χ2v) is 4.17. The Bertz CT molecular complexity index is 416. The van der Waals surface area contributed by atoms with E-state index in [4.69, 9.17) is 5.73 Å². The lowest BCUT2D eigenvalue weighted by molar-refractivity contribution is -0.132. The van der Waals surface area contributed by atoms with Crippen LogP contribution < -0.4 is 11.1 Å². The van der Waals surface area contributed by atoms with Crippen LogP contribution >= 0.6 is 0 Å². The first-order valence-electron chi connectivity index (χ1n) is 6.46. The molecular formula is C14H21N3O2. The van der Waals surface area contributed by atoms with Crippen LogP contribution in [0.3, 0.4) is 0 Å². The van der Waals surface area contributed by atoms with Gasteiger partial charge >= 0.3 is 0 Å². The Kier molecular flexibility index (Phi) is 6.02. The lowest BCUT2D eigenvalue weighted by Gasteiger charge is -2.19. The van der Waals surface area contributed by atoms with E-state index in [1.807, 2.05) is 32.0 Å². The predicted molar refractivity (Wildman–Crippen MR) is 74.3 cm³/mol. The number of hydrogen-bond acceptors (Lipinski definition) is 3. The predicted octanol–water partition coefficient (Wildman–Crippen LogP) is 0.671. The van der Waals surface area contributed by atoms with Gasteiger partial charge in [-0.2, -0.15) is 0 Å². The monoisotopic (exact) mass is 263 g/mol. The standard InChI is InChI=1S/C14H21N3O2/c1-3-17(4-2)12(18)10-16-14(19)13(15)11-8-6-5-7-9-11/h5-9,13H,3-4,10,15H2,1-2H3,(H,16,19)/t13-/m1/s1. The number of nitrogens with two attached hydrogens (primary N) is 1. The topological polar surface area (TPSA) is 75.4 Å². The molecule has 3 N–H and O–H groups in total. The molecule has 0 bridgehead atoms. The van der Waals surface area contributed by atoms with Crippen LogP contribution in [0.25, 0.3) is 0 Å². The van der Waals surface area contributed by atoms with E-state index < -0.39 is 6.04 Å². The van der Waals surface area contributed by atoms with Crippen LogP contribution in [0, 0.1) is 0 Å². The van der Waals surface area contributed by atoms with Crippen LogP contribution in [0.4, 0.5) is 0 Å². The molecule has 0 saturated heterocycles. The highest BCUT2D eigenvalue weighted by molar-refractivity contribution is 5.88. The summed E-state index contributed by atoms with van der Waals surface area (Å²) < 4.78 is 0. The van der Waals surface area contributed by atoms with Gasteiger partial charge in [0.05, 0.1) is 6.54 Å². The normalized spacial score (nSPS) is 11.7. The van der Waals surface area contributed by atoms with E-state index in [1.54, 1.807) is 17.0 Å². The van der Waals surface area contributed by atoms with Crippen molar-refractivity contribution in [1.82, 2.24) is 10.2 Å². The van der Waals surface area contributed by atoms with Gasteiger partial charge in [0.25, 0.3) is 0 Å². The Hall–Kier alpha value is -1.88. The maximum absolute atomic E-state index is 11.8. The highest BCUT2D eigenvalue weighted by Gasteiger charge is 2.17. The van der Waals surface area contributed by atoms with E-state index in [2.05, 4.69) is 5.32 Å². The summed E-state index contributed by atoms with van der Waals surface area (Å²) in [6.45, 7) is 5.06. The number of likely N-dealkylation sites (N-methyl/N-ethyl adjacent to an activating group) is 1. The number of nitrogens with one attached hydrogen (secondary N) is 1. The Morgan fingerprint density at radius 2 is 1.79 bits per heavy atom. The molecule has 0 heterocycles. The largest absolute Gasteiger partial charge is 0.345 e. The Morgan fingerprint density at radius 1 is 1.21 bits per heavy atom. The summed E-state index contributed by atoms with van der Waals surface area (Å²) in [7, 11) is 0. The van der Waals surface area contributed by atoms with Gasteiger partial charge in [0.2, 0.25) is 11.8 Å². The third kappa shape index (κ3) is 4.37. The Morgan fingerprint density at radius 3 is 2.32 bits per heavy atom. The van der Waals surface area contributed by atoms with Crippen molar-refractivity contribution < 1.29 is 9.59 Å². The zero-order valence-corrected chi connectivity index (χ0v) is 11.4. The van der Waals surface area contributed by atoms with Gasteiger partial charge in [-0.25, -0.2) is 0 Å². The molecule has 0 aliphatic rings. The fourth-order valence-electron chi connectivity index (χ4n) is 1.77. The maximum atomic E-state index is 11.8. The summed E-state index contributed by atoms with van der Waals surface area (Å²) in [4.78, 5) is 25.2. The summed E-state index contributed by atoms with van der Waals surface area (Å²) in [6.07, 6.45) is 0. The summed E-state index contributed by atoms with van der Waals surface area (Å²) >= 11 is 0. The first-order valence-corrected chi connectivity index (χ1v) is 6.46. The number of amides is 2. The van der Waals surface area contributed by atoms with Crippen LogP contribution in [0.5, 0.6) is 0 Å². The van der Waals surface area contributed by atoms with Gasteiger partial charge in [0, 0.05) is 13.1 Å². The van der Waals surface area contributed by atoms with Crippen molar-refractivity contribution in [1.29, 1.82) is 0 Å². The molecule has 0 aromatic heterocycles. The van der Waals surface area contributed by atoms with Crippen molar-refractivity contribution in [3.63, 3.8) is 0 Å². The smallest absolute Gasteiger partial charge is 0.241 e. The second-order valence-electron chi connectivity index (χ2n) is 4.17. The van der Waals surface area contributed by atoms with Gasteiger partial charge in [0.15, 0.2) is 0 Å². The number of carbonyl (C=O) groups excluding carboxylic acids is 2. The van der Waals surface area contributed by atoms with E-state index >= 15 is 0 Å². The van der Waals surface area contributed by atoms with Crippen molar-refractivity contribution in [2.24, 2.45) is 5.73 Å². The van der Waals surface area contributed by atoms with Gasteiger partial charge in [-0.3, -0.25) is 9.59 Å². The summed E-state index contributed by atoms with van der Waals surface area (Å²) in [5, 5.41) is 2.57.